The minimum atomic E-state index is -0.0582. The second kappa shape index (κ2) is 6.55. The maximum Gasteiger partial charge on any atom is 0.212 e. The lowest BCUT2D eigenvalue weighted by molar-refractivity contribution is 0.209. The summed E-state index contributed by atoms with van der Waals surface area (Å²) in [7, 11) is 1.62. The van der Waals surface area contributed by atoms with Gasteiger partial charge in [-0.25, -0.2) is 4.98 Å². The van der Waals surface area contributed by atoms with Gasteiger partial charge in [0.25, 0.3) is 0 Å². The summed E-state index contributed by atoms with van der Waals surface area (Å²) in [5, 5.41) is 9.82. The van der Waals surface area contributed by atoms with Gasteiger partial charge in [-0.05, 0) is 29.4 Å². The molecule has 0 bridgehead atoms. The molecule has 2 aromatic rings. The van der Waals surface area contributed by atoms with E-state index in [1.807, 2.05) is 30.5 Å². The molecule has 1 fully saturated rings. The van der Waals surface area contributed by atoms with Crippen LogP contribution < -0.4 is 4.74 Å². The Morgan fingerprint density at radius 2 is 2.00 bits per heavy atom. The quantitative estimate of drug-likeness (QED) is 0.880. The van der Waals surface area contributed by atoms with Crippen LogP contribution in [0.5, 0.6) is 5.88 Å². The molecular formula is C20H23NO2. The number of aliphatic hydroxyl groups is 1. The average Bonchev–Trinajstić information content (AvgIpc) is 3.21. The fourth-order valence-corrected chi connectivity index (χ4v) is 3.51. The first-order valence-electron chi connectivity index (χ1n) is 8.01. The molecule has 23 heavy (non-hydrogen) atoms. The fraction of sp³-hybridized carbons (Fsp3) is 0.350. The van der Waals surface area contributed by atoms with Crippen molar-refractivity contribution in [3.8, 4) is 5.88 Å². The maximum absolute atomic E-state index is 9.82. The Bertz CT molecular complexity index is 666. The lowest BCUT2D eigenvalue weighted by Crippen LogP contribution is -2.05. The predicted molar refractivity (Wildman–Crippen MR) is 92.3 cm³/mol. The summed E-state index contributed by atoms with van der Waals surface area (Å²) in [5.41, 5.74) is 2.33. The number of aromatic nitrogens is 1. The molecule has 1 heterocycles. The molecule has 3 heteroatoms. The number of methoxy groups -OCH3 is 1. The summed E-state index contributed by atoms with van der Waals surface area (Å²) >= 11 is 0. The van der Waals surface area contributed by atoms with Crippen LogP contribution >= 0.6 is 0 Å². The highest BCUT2D eigenvalue weighted by atomic mass is 16.5. The summed E-state index contributed by atoms with van der Waals surface area (Å²) in [6.45, 7) is 2.36. The smallest absolute Gasteiger partial charge is 0.212 e. The van der Waals surface area contributed by atoms with Gasteiger partial charge in [-0.2, -0.15) is 0 Å². The van der Waals surface area contributed by atoms with Gasteiger partial charge in [0.1, 0.15) is 0 Å². The molecule has 3 nitrogen and oxygen atoms in total. The Hall–Kier alpha value is -2.13. The number of pyridine rings is 1. The number of ether oxygens (including phenoxy) is 1. The molecule has 0 amide bonds. The van der Waals surface area contributed by atoms with Crippen molar-refractivity contribution in [1.29, 1.82) is 0 Å². The first-order valence-corrected chi connectivity index (χ1v) is 8.01. The van der Waals surface area contributed by atoms with Gasteiger partial charge >= 0.3 is 0 Å². The van der Waals surface area contributed by atoms with E-state index in [1.165, 1.54) is 11.1 Å². The summed E-state index contributed by atoms with van der Waals surface area (Å²) in [6, 6.07) is 14.3. The van der Waals surface area contributed by atoms with E-state index < -0.39 is 0 Å². The largest absolute Gasteiger partial charge is 0.481 e. The molecule has 0 unspecified atom stereocenters. The van der Waals surface area contributed by atoms with Crippen LogP contribution in [0.4, 0.5) is 0 Å². The molecule has 0 aliphatic heterocycles. The van der Waals surface area contributed by atoms with E-state index in [0.29, 0.717) is 17.7 Å². The van der Waals surface area contributed by atoms with Crippen molar-refractivity contribution in [2.24, 2.45) is 11.3 Å². The van der Waals surface area contributed by atoms with Gasteiger partial charge in [0.15, 0.2) is 0 Å². The number of rotatable bonds is 6. The number of allylic oxidation sites excluding steroid dienone is 1. The van der Waals surface area contributed by atoms with Gasteiger partial charge in [0.2, 0.25) is 5.88 Å². The topological polar surface area (TPSA) is 42.4 Å². The molecular weight excluding hydrogens is 286 g/mol. The second-order valence-corrected chi connectivity index (χ2v) is 6.43. The molecule has 0 radical (unpaired) electrons. The van der Waals surface area contributed by atoms with Gasteiger partial charge < -0.3 is 9.84 Å². The summed E-state index contributed by atoms with van der Waals surface area (Å²) in [5.74, 6) is 1.43. The molecule has 3 atom stereocenters. The van der Waals surface area contributed by atoms with Crippen LogP contribution in [0.1, 0.15) is 30.4 Å². The monoisotopic (exact) mass is 309 g/mol. The SMILES string of the molecule is COc1ccc([C@@H]2[C@@H](C/C=C/c3ccccc3)[C@]2(C)CO)cn1. The van der Waals surface area contributed by atoms with E-state index in [9.17, 15) is 5.11 Å². The molecule has 1 aliphatic rings. The van der Waals surface area contributed by atoms with E-state index in [1.54, 1.807) is 7.11 Å². The summed E-state index contributed by atoms with van der Waals surface area (Å²) in [4.78, 5) is 4.30. The number of benzene rings is 1. The molecule has 1 aromatic carbocycles. The number of hydrogen-bond donors (Lipinski definition) is 1. The fourth-order valence-electron chi connectivity index (χ4n) is 3.51. The van der Waals surface area contributed by atoms with Crippen molar-refractivity contribution >= 4 is 6.08 Å². The van der Waals surface area contributed by atoms with Gasteiger partial charge in [0.05, 0.1) is 7.11 Å². The van der Waals surface area contributed by atoms with E-state index in [0.717, 1.165) is 6.42 Å². The zero-order valence-corrected chi connectivity index (χ0v) is 13.6. The molecule has 0 saturated heterocycles. The average molecular weight is 309 g/mol. The number of nitrogens with zero attached hydrogens (tertiary/aromatic N) is 1. The molecule has 120 valence electrons. The van der Waals surface area contributed by atoms with Crippen molar-refractivity contribution in [3.05, 3.63) is 65.9 Å². The van der Waals surface area contributed by atoms with Gasteiger partial charge in [0, 0.05) is 24.3 Å². The molecule has 1 saturated carbocycles. The zero-order valence-electron chi connectivity index (χ0n) is 13.6. The van der Waals surface area contributed by atoms with Crippen LogP contribution in [0, 0.1) is 11.3 Å². The highest BCUT2D eigenvalue weighted by molar-refractivity contribution is 5.49. The van der Waals surface area contributed by atoms with E-state index in [2.05, 4.69) is 42.3 Å². The van der Waals surface area contributed by atoms with Crippen LogP contribution in [-0.2, 0) is 0 Å². The van der Waals surface area contributed by atoms with Crippen molar-refractivity contribution in [3.63, 3.8) is 0 Å². The van der Waals surface area contributed by atoms with Crippen molar-refractivity contribution in [1.82, 2.24) is 4.98 Å². The third-order valence-corrected chi connectivity index (χ3v) is 5.02. The third-order valence-electron chi connectivity index (χ3n) is 5.02. The predicted octanol–water partition coefficient (Wildman–Crippen LogP) is 3.91. The van der Waals surface area contributed by atoms with Gasteiger partial charge in [-0.3, -0.25) is 0 Å². The first kappa shape index (κ1) is 15.8. The molecule has 1 aliphatic carbocycles. The maximum atomic E-state index is 9.82. The Labute approximate surface area is 137 Å². The van der Waals surface area contributed by atoms with E-state index in [-0.39, 0.29) is 12.0 Å². The highest BCUT2D eigenvalue weighted by Crippen LogP contribution is 2.65. The number of aliphatic hydroxyl groups excluding tert-OH is 1. The number of hydrogen-bond acceptors (Lipinski definition) is 3. The standard InChI is InChI=1S/C20H23NO2/c1-20(14-22)17(10-6-9-15-7-4-3-5-8-15)19(20)16-11-12-18(23-2)21-13-16/h3-9,11-13,17,19,22H,10,14H2,1-2H3/b9-6+/t17-,19-,20+/m1/s1. The summed E-state index contributed by atoms with van der Waals surface area (Å²) < 4.78 is 5.12. The first-order chi connectivity index (χ1) is 11.2. The van der Waals surface area contributed by atoms with Crippen LogP contribution in [-0.4, -0.2) is 23.8 Å². The molecule has 3 rings (SSSR count). The van der Waals surface area contributed by atoms with Crippen LogP contribution in [0.15, 0.2) is 54.7 Å². The van der Waals surface area contributed by atoms with Gasteiger partial charge in [-0.15, -0.1) is 0 Å². The third kappa shape index (κ3) is 3.15. The normalized spacial score (nSPS) is 26.4. The van der Waals surface area contributed by atoms with Crippen LogP contribution in [0.25, 0.3) is 6.08 Å². The zero-order chi connectivity index (χ0) is 16.3. The van der Waals surface area contributed by atoms with Crippen molar-refractivity contribution in [2.45, 2.75) is 19.3 Å². The van der Waals surface area contributed by atoms with Crippen LogP contribution in [0.3, 0.4) is 0 Å². The summed E-state index contributed by atoms with van der Waals surface area (Å²) in [6.07, 6.45) is 7.20. The Morgan fingerprint density at radius 3 is 2.61 bits per heavy atom. The molecule has 1 aromatic heterocycles. The lowest BCUT2D eigenvalue weighted by Gasteiger charge is -2.07. The van der Waals surface area contributed by atoms with Gasteiger partial charge in [-0.1, -0.05) is 55.5 Å². The lowest BCUT2D eigenvalue weighted by atomic mass is 10.0. The molecule has 0 spiro atoms. The molecule has 1 N–H and O–H groups in total. The minimum absolute atomic E-state index is 0.0582. The Morgan fingerprint density at radius 1 is 1.22 bits per heavy atom. The highest BCUT2D eigenvalue weighted by Gasteiger charge is 2.60. The van der Waals surface area contributed by atoms with Crippen molar-refractivity contribution < 1.29 is 9.84 Å². The second-order valence-electron chi connectivity index (χ2n) is 6.43. The van der Waals surface area contributed by atoms with Crippen molar-refractivity contribution in [2.75, 3.05) is 13.7 Å². The minimum Gasteiger partial charge on any atom is -0.481 e. The van der Waals surface area contributed by atoms with E-state index >= 15 is 0 Å². The Balaban J connectivity index is 1.70. The van der Waals surface area contributed by atoms with E-state index in [4.69, 9.17) is 4.74 Å². The Kier molecular flexibility index (Phi) is 4.49. The van der Waals surface area contributed by atoms with Crippen LogP contribution in [0.2, 0.25) is 0 Å².